The van der Waals surface area contributed by atoms with Crippen molar-refractivity contribution in [3.8, 4) is 0 Å². The Bertz CT molecular complexity index is 201. The summed E-state index contributed by atoms with van der Waals surface area (Å²) in [6, 6.07) is 0. The van der Waals surface area contributed by atoms with E-state index in [0.717, 1.165) is 6.08 Å². The van der Waals surface area contributed by atoms with Crippen molar-refractivity contribution in [2.24, 2.45) is 4.99 Å². The summed E-state index contributed by atoms with van der Waals surface area (Å²) < 4.78 is 12.5. The van der Waals surface area contributed by atoms with Gasteiger partial charge in [0.25, 0.3) is 0 Å². The summed E-state index contributed by atoms with van der Waals surface area (Å²) in [5.74, 6) is -0.903. The van der Waals surface area contributed by atoms with Gasteiger partial charge in [-0.1, -0.05) is 18.7 Å². The third-order valence-corrected chi connectivity index (χ3v) is 1.01. The highest BCUT2D eigenvalue weighted by molar-refractivity contribution is 6.58. The molecule has 0 aliphatic carbocycles. The Labute approximate surface area is 64.7 Å². The van der Waals surface area contributed by atoms with Crippen LogP contribution in [0.3, 0.4) is 0 Å². The zero-order valence-electron chi connectivity index (χ0n) is 6.16. The molecule has 0 fully saturated rings. The summed E-state index contributed by atoms with van der Waals surface area (Å²) in [5.41, 5.74) is -0.289. The molecule has 0 atom stereocenters. The first-order chi connectivity index (χ1) is 5.13. The fraction of sp³-hybridized carbons (Fsp3) is 0.167. The third kappa shape index (κ3) is 3.11. The lowest BCUT2D eigenvalue weighted by Crippen LogP contribution is -2.20. The van der Waals surface area contributed by atoms with E-state index in [2.05, 4.69) is 11.6 Å². The molecule has 0 heterocycles. The maximum absolute atomic E-state index is 12.5. The molecule has 60 valence electrons. The molecule has 0 spiro atoms. The highest BCUT2D eigenvalue weighted by atomic mass is 19.1. The number of aliphatic imine (C=N–C) groups is 1. The van der Waals surface area contributed by atoms with Crippen molar-refractivity contribution >= 4 is 13.1 Å². The molecule has 0 aliphatic rings. The van der Waals surface area contributed by atoms with E-state index in [-0.39, 0.29) is 5.47 Å². The van der Waals surface area contributed by atoms with Gasteiger partial charge >= 0.3 is 7.12 Å². The van der Waals surface area contributed by atoms with E-state index >= 15 is 0 Å². The van der Waals surface area contributed by atoms with Crippen LogP contribution in [0.5, 0.6) is 0 Å². The van der Waals surface area contributed by atoms with E-state index in [9.17, 15) is 4.39 Å². The molecule has 0 saturated heterocycles. The normalized spacial score (nSPS) is 13.1. The molecule has 2 N–H and O–H groups in total. The summed E-state index contributed by atoms with van der Waals surface area (Å²) in [4.78, 5) is 3.14. The largest absolute Gasteiger partial charge is 0.493 e. The van der Waals surface area contributed by atoms with Crippen LogP contribution < -0.4 is 0 Å². The summed E-state index contributed by atoms with van der Waals surface area (Å²) in [5, 5.41) is 17.1. The van der Waals surface area contributed by atoms with Crippen LogP contribution in [0.2, 0.25) is 0 Å². The Hall–Kier alpha value is -0.935. The Morgan fingerprint density at radius 1 is 1.64 bits per heavy atom. The number of nitrogens with zero attached hydrogens (tertiary/aromatic N) is 1. The minimum absolute atomic E-state index is 0.289. The first-order valence-corrected chi connectivity index (χ1v) is 2.95. The quantitative estimate of drug-likeness (QED) is 0.347. The molecule has 0 unspecified atom stereocenters. The van der Waals surface area contributed by atoms with Crippen LogP contribution in [0.25, 0.3) is 0 Å². The van der Waals surface area contributed by atoms with Gasteiger partial charge in [0.15, 0.2) is 0 Å². The lowest BCUT2D eigenvalue weighted by Gasteiger charge is -1.99. The summed E-state index contributed by atoms with van der Waals surface area (Å²) >= 11 is 0. The minimum atomic E-state index is -1.85. The minimum Gasteiger partial charge on any atom is -0.423 e. The standard InChI is InChI=1S/C6H9BFNO2/c1-3-4-5(7(10)11)6(8)9-2/h3-4,10-11H,1H2,2H3/b5-4+,9-6?. The average molecular weight is 157 g/mol. The van der Waals surface area contributed by atoms with Gasteiger partial charge in [-0.15, -0.1) is 0 Å². The van der Waals surface area contributed by atoms with Crippen molar-refractivity contribution in [1.29, 1.82) is 0 Å². The van der Waals surface area contributed by atoms with Crippen LogP contribution in [-0.2, 0) is 0 Å². The second-order valence-electron chi connectivity index (χ2n) is 1.75. The van der Waals surface area contributed by atoms with E-state index in [4.69, 9.17) is 10.0 Å². The summed E-state index contributed by atoms with van der Waals surface area (Å²) in [6.45, 7) is 3.28. The van der Waals surface area contributed by atoms with E-state index in [1.165, 1.54) is 13.1 Å². The fourth-order valence-corrected chi connectivity index (χ4v) is 0.517. The molecule has 0 amide bonds. The van der Waals surface area contributed by atoms with Crippen molar-refractivity contribution in [1.82, 2.24) is 0 Å². The molecule has 5 heteroatoms. The molecule has 0 bridgehead atoms. The van der Waals surface area contributed by atoms with E-state index in [1.807, 2.05) is 0 Å². The van der Waals surface area contributed by atoms with Gasteiger partial charge in [-0.05, 0) is 0 Å². The smallest absolute Gasteiger partial charge is 0.423 e. The molecule has 0 radical (unpaired) electrons. The first-order valence-electron chi connectivity index (χ1n) is 2.95. The molecular formula is C6H9BFNO2. The van der Waals surface area contributed by atoms with Crippen LogP contribution in [-0.4, -0.2) is 30.2 Å². The zero-order valence-corrected chi connectivity index (χ0v) is 6.16. The maximum Gasteiger partial charge on any atom is 0.493 e. The van der Waals surface area contributed by atoms with Crippen LogP contribution in [0.15, 0.2) is 29.2 Å². The second kappa shape index (κ2) is 4.82. The highest BCUT2D eigenvalue weighted by Gasteiger charge is 2.18. The molecule has 0 rings (SSSR count). The van der Waals surface area contributed by atoms with Crippen molar-refractivity contribution < 1.29 is 14.4 Å². The highest BCUT2D eigenvalue weighted by Crippen LogP contribution is 2.01. The zero-order chi connectivity index (χ0) is 8.85. The van der Waals surface area contributed by atoms with E-state index in [0.29, 0.717) is 0 Å². The van der Waals surface area contributed by atoms with Gasteiger partial charge in [-0.3, -0.25) is 4.99 Å². The summed E-state index contributed by atoms with van der Waals surface area (Å²) in [7, 11) is -0.633. The number of hydrogen-bond acceptors (Lipinski definition) is 3. The van der Waals surface area contributed by atoms with Gasteiger partial charge in [0.2, 0.25) is 5.97 Å². The SMILES string of the molecule is C=C/C=C(/B(O)O)C(F)=NC. The van der Waals surface area contributed by atoms with Crippen molar-refractivity contribution in [2.45, 2.75) is 0 Å². The lowest BCUT2D eigenvalue weighted by molar-refractivity contribution is 0.420. The van der Waals surface area contributed by atoms with Gasteiger partial charge in [-0.2, -0.15) is 4.39 Å². The predicted molar refractivity (Wildman–Crippen MR) is 42.9 cm³/mol. The monoisotopic (exact) mass is 157 g/mol. The molecule has 11 heavy (non-hydrogen) atoms. The molecule has 0 aromatic carbocycles. The second-order valence-corrected chi connectivity index (χ2v) is 1.75. The van der Waals surface area contributed by atoms with Gasteiger partial charge < -0.3 is 10.0 Å². The van der Waals surface area contributed by atoms with Crippen LogP contribution in [0.4, 0.5) is 4.39 Å². The first kappa shape index (κ1) is 10.1. The van der Waals surface area contributed by atoms with Gasteiger partial charge in [-0.25, -0.2) is 0 Å². The van der Waals surface area contributed by atoms with Gasteiger partial charge in [0.05, 0.1) is 0 Å². The molecule has 0 aliphatic heterocycles. The Balaban J connectivity index is 4.61. The molecule has 0 aromatic rings. The van der Waals surface area contributed by atoms with Crippen molar-refractivity contribution in [3.63, 3.8) is 0 Å². The summed E-state index contributed by atoms with van der Waals surface area (Å²) in [6.07, 6.45) is 2.40. The number of allylic oxidation sites excluding steroid dienone is 3. The topological polar surface area (TPSA) is 52.8 Å². The number of halogens is 1. The average Bonchev–Trinajstić information content (AvgIpc) is 1.98. The molecule has 3 nitrogen and oxygen atoms in total. The lowest BCUT2D eigenvalue weighted by atomic mass is 9.79. The Morgan fingerprint density at radius 2 is 2.18 bits per heavy atom. The maximum atomic E-state index is 12.5. The molecule has 0 saturated carbocycles. The van der Waals surface area contributed by atoms with Crippen molar-refractivity contribution in [2.75, 3.05) is 7.05 Å². The van der Waals surface area contributed by atoms with E-state index in [1.54, 1.807) is 0 Å². The third-order valence-electron chi connectivity index (χ3n) is 1.01. The Morgan fingerprint density at radius 3 is 2.45 bits per heavy atom. The van der Waals surface area contributed by atoms with Gasteiger partial charge in [0, 0.05) is 12.5 Å². The van der Waals surface area contributed by atoms with E-state index < -0.39 is 13.1 Å². The Kier molecular flexibility index (Phi) is 4.41. The fourth-order valence-electron chi connectivity index (χ4n) is 0.517. The molecular weight excluding hydrogens is 148 g/mol. The van der Waals surface area contributed by atoms with Crippen LogP contribution >= 0.6 is 0 Å². The van der Waals surface area contributed by atoms with Gasteiger partial charge in [0.1, 0.15) is 0 Å². The van der Waals surface area contributed by atoms with Crippen LogP contribution in [0.1, 0.15) is 0 Å². The van der Waals surface area contributed by atoms with Crippen LogP contribution in [0, 0.1) is 0 Å². The molecule has 0 aromatic heterocycles. The van der Waals surface area contributed by atoms with Crippen molar-refractivity contribution in [3.05, 3.63) is 24.2 Å². The predicted octanol–water partition coefficient (Wildman–Crippen LogP) is 0.109. The number of rotatable bonds is 3. The number of hydrogen-bond donors (Lipinski definition) is 2.